The number of carbonyl (C=O) groups excluding carboxylic acids is 1. The lowest BCUT2D eigenvalue weighted by Crippen LogP contribution is -2.52. The molecule has 0 unspecified atom stereocenters. The Morgan fingerprint density at radius 3 is 2.09 bits per heavy atom. The fourth-order valence-corrected chi connectivity index (χ4v) is 5.67. The number of halogens is 1. The summed E-state index contributed by atoms with van der Waals surface area (Å²) in [5.74, 6) is 0.573. The molecule has 1 aliphatic heterocycles. The molecule has 1 aliphatic rings. The molecular weight excluding hydrogens is 530 g/mol. The van der Waals surface area contributed by atoms with E-state index in [1.54, 1.807) is 60.5 Å². The normalized spacial score (nSPS) is 14.0. The van der Waals surface area contributed by atoms with E-state index >= 15 is 0 Å². The van der Waals surface area contributed by atoms with Crippen molar-refractivity contribution in [2.24, 2.45) is 0 Å². The molecule has 35 heavy (non-hydrogen) atoms. The molecule has 0 N–H and O–H groups in total. The Balaban J connectivity index is 1.50. The Kier molecular flexibility index (Phi) is 7.66. The summed E-state index contributed by atoms with van der Waals surface area (Å²) in [5, 5.41) is 0. The third kappa shape index (κ3) is 5.79. The smallest absolute Gasteiger partial charge is 0.264 e. The quantitative estimate of drug-likeness (QED) is 0.433. The van der Waals surface area contributed by atoms with Crippen LogP contribution < -0.4 is 13.9 Å². The van der Waals surface area contributed by atoms with Crippen molar-refractivity contribution in [1.82, 2.24) is 4.90 Å². The molecule has 0 bridgehead atoms. The van der Waals surface area contributed by atoms with Crippen LogP contribution in [0.3, 0.4) is 0 Å². The predicted molar refractivity (Wildman–Crippen MR) is 142 cm³/mol. The number of amides is 1. The van der Waals surface area contributed by atoms with Gasteiger partial charge in [0.25, 0.3) is 10.0 Å². The van der Waals surface area contributed by atoms with Crippen molar-refractivity contribution < 1.29 is 17.9 Å². The molecule has 1 amide bonds. The van der Waals surface area contributed by atoms with Gasteiger partial charge in [-0.1, -0.05) is 33.6 Å². The van der Waals surface area contributed by atoms with Crippen LogP contribution in [0.2, 0.25) is 0 Å². The van der Waals surface area contributed by atoms with Crippen LogP contribution in [0, 0.1) is 6.92 Å². The van der Waals surface area contributed by atoms with E-state index in [1.807, 2.05) is 31.2 Å². The van der Waals surface area contributed by atoms with Gasteiger partial charge in [-0.25, -0.2) is 8.42 Å². The van der Waals surface area contributed by atoms with Crippen LogP contribution in [0.25, 0.3) is 0 Å². The molecule has 0 aromatic heterocycles. The van der Waals surface area contributed by atoms with Crippen LogP contribution in [0.1, 0.15) is 5.56 Å². The molecule has 0 saturated carbocycles. The summed E-state index contributed by atoms with van der Waals surface area (Å²) in [6.07, 6.45) is 0. The number of hydrogen-bond donors (Lipinski definition) is 0. The summed E-state index contributed by atoms with van der Waals surface area (Å²) < 4.78 is 34.4. The van der Waals surface area contributed by atoms with Gasteiger partial charge in [-0.05, 0) is 67.6 Å². The highest BCUT2D eigenvalue weighted by Crippen LogP contribution is 2.26. The van der Waals surface area contributed by atoms with Crippen LogP contribution in [-0.4, -0.2) is 59.1 Å². The molecule has 1 saturated heterocycles. The van der Waals surface area contributed by atoms with Crippen LogP contribution in [0.4, 0.5) is 11.4 Å². The van der Waals surface area contributed by atoms with E-state index in [1.165, 1.54) is 4.31 Å². The minimum Gasteiger partial charge on any atom is -0.497 e. The highest BCUT2D eigenvalue weighted by atomic mass is 79.9. The van der Waals surface area contributed by atoms with Crippen molar-refractivity contribution in [1.29, 1.82) is 0 Å². The average Bonchev–Trinajstić information content (AvgIpc) is 2.88. The van der Waals surface area contributed by atoms with E-state index in [0.29, 0.717) is 31.9 Å². The van der Waals surface area contributed by atoms with E-state index in [4.69, 9.17) is 4.74 Å². The molecular formula is C26H28BrN3O4S. The third-order valence-electron chi connectivity index (χ3n) is 6.07. The third-order valence-corrected chi connectivity index (χ3v) is 8.39. The van der Waals surface area contributed by atoms with E-state index < -0.39 is 10.0 Å². The van der Waals surface area contributed by atoms with Crippen molar-refractivity contribution >= 4 is 43.2 Å². The molecule has 0 radical (unpaired) electrons. The van der Waals surface area contributed by atoms with Gasteiger partial charge in [0.1, 0.15) is 12.3 Å². The molecule has 184 valence electrons. The molecule has 1 fully saturated rings. The number of carbonyl (C=O) groups is 1. The highest BCUT2D eigenvalue weighted by molar-refractivity contribution is 9.10. The Morgan fingerprint density at radius 1 is 0.914 bits per heavy atom. The summed E-state index contributed by atoms with van der Waals surface area (Å²) >= 11 is 3.39. The Hall–Kier alpha value is -3.04. The Bertz CT molecular complexity index is 1260. The molecule has 4 rings (SSSR count). The Morgan fingerprint density at radius 2 is 1.51 bits per heavy atom. The maximum atomic E-state index is 13.6. The van der Waals surface area contributed by atoms with E-state index in [0.717, 1.165) is 21.5 Å². The van der Waals surface area contributed by atoms with Crippen LogP contribution in [-0.2, 0) is 14.8 Å². The average molecular weight is 558 g/mol. The second kappa shape index (κ2) is 10.7. The summed E-state index contributed by atoms with van der Waals surface area (Å²) in [5.41, 5.74) is 2.47. The van der Waals surface area contributed by atoms with Gasteiger partial charge in [0, 0.05) is 36.3 Å². The van der Waals surface area contributed by atoms with E-state index in [2.05, 4.69) is 20.8 Å². The number of anilines is 2. The van der Waals surface area contributed by atoms with Gasteiger partial charge in [-0.2, -0.15) is 0 Å². The first kappa shape index (κ1) is 25.1. The summed E-state index contributed by atoms with van der Waals surface area (Å²) in [4.78, 5) is 17.4. The van der Waals surface area contributed by atoms with Crippen LogP contribution in [0.15, 0.2) is 82.2 Å². The standard InChI is InChI=1S/C26H28BrN3O4S/c1-20-3-13-25(14-4-20)35(32,33)30(23-7-5-21(27)6-8-23)19-26(31)29-17-15-28(16-18-29)22-9-11-24(34-2)12-10-22/h3-14H,15-19H2,1-2H3. The molecule has 1 heterocycles. The lowest BCUT2D eigenvalue weighted by Gasteiger charge is -2.37. The second-order valence-electron chi connectivity index (χ2n) is 8.37. The fraction of sp³-hybridized carbons (Fsp3) is 0.269. The van der Waals surface area contributed by atoms with Gasteiger partial charge in [0.2, 0.25) is 5.91 Å². The molecule has 0 spiro atoms. The number of piperazine rings is 1. The number of sulfonamides is 1. The van der Waals surface area contributed by atoms with Crippen LogP contribution >= 0.6 is 15.9 Å². The van der Waals surface area contributed by atoms with Crippen molar-refractivity contribution in [3.05, 3.63) is 82.8 Å². The number of ether oxygens (including phenoxy) is 1. The van der Waals surface area contributed by atoms with Gasteiger partial charge >= 0.3 is 0 Å². The summed E-state index contributed by atoms with van der Waals surface area (Å²) in [6.45, 7) is 4.01. The van der Waals surface area contributed by atoms with Crippen molar-refractivity contribution in [2.75, 3.05) is 49.0 Å². The van der Waals surface area contributed by atoms with Crippen molar-refractivity contribution in [3.8, 4) is 5.75 Å². The minimum absolute atomic E-state index is 0.156. The first-order valence-electron chi connectivity index (χ1n) is 11.3. The van der Waals surface area contributed by atoms with Gasteiger partial charge in [-0.15, -0.1) is 0 Å². The Labute approximate surface area is 215 Å². The molecule has 3 aromatic carbocycles. The fourth-order valence-electron chi connectivity index (χ4n) is 3.99. The summed E-state index contributed by atoms with van der Waals surface area (Å²) in [7, 11) is -2.29. The van der Waals surface area contributed by atoms with Gasteiger partial charge in [-0.3, -0.25) is 9.10 Å². The van der Waals surface area contributed by atoms with Gasteiger partial charge in [0.05, 0.1) is 17.7 Å². The molecule has 0 atom stereocenters. The monoisotopic (exact) mass is 557 g/mol. The van der Waals surface area contributed by atoms with Gasteiger partial charge in [0.15, 0.2) is 0 Å². The predicted octanol–water partition coefficient (Wildman–Crippen LogP) is 4.31. The number of nitrogens with zero attached hydrogens (tertiary/aromatic N) is 3. The number of aryl methyl sites for hydroxylation is 1. The molecule has 3 aromatic rings. The molecule has 9 heteroatoms. The number of benzene rings is 3. The topological polar surface area (TPSA) is 70.2 Å². The first-order chi connectivity index (χ1) is 16.8. The van der Waals surface area contributed by atoms with Gasteiger partial charge < -0.3 is 14.5 Å². The first-order valence-corrected chi connectivity index (χ1v) is 13.5. The van der Waals surface area contributed by atoms with Crippen molar-refractivity contribution in [3.63, 3.8) is 0 Å². The zero-order valence-electron chi connectivity index (χ0n) is 19.7. The van der Waals surface area contributed by atoms with Crippen molar-refractivity contribution in [2.45, 2.75) is 11.8 Å². The molecule has 7 nitrogen and oxygen atoms in total. The van der Waals surface area contributed by atoms with E-state index in [9.17, 15) is 13.2 Å². The SMILES string of the molecule is COc1ccc(N2CCN(C(=O)CN(c3ccc(Br)cc3)S(=O)(=O)c3ccc(C)cc3)CC2)cc1. The molecule has 0 aliphatic carbocycles. The zero-order valence-corrected chi connectivity index (χ0v) is 22.1. The maximum Gasteiger partial charge on any atom is 0.264 e. The zero-order chi connectivity index (χ0) is 25.0. The lowest BCUT2D eigenvalue weighted by atomic mass is 10.2. The summed E-state index contributed by atoms with van der Waals surface area (Å²) in [6, 6.07) is 21.4. The van der Waals surface area contributed by atoms with Crippen LogP contribution in [0.5, 0.6) is 5.75 Å². The second-order valence-corrected chi connectivity index (χ2v) is 11.1. The number of methoxy groups -OCH3 is 1. The largest absolute Gasteiger partial charge is 0.497 e. The highest BCUT2D eigenvalue weighted by Gasteiger charge is 2.30. The van der Waals surface area contributed by atoms with E-state index in [-0.39, 0.29) is 17.3 Å². The number of hydrogen-bond acceptors (Lipinski definition) is 5. The maximum absolute atomic E-state index is 13.6. The minimum atomic E-state index is -3.93. The number of rotatable bonds is 7. The lowest BCUT2D eigenvalue weighted by molar-refractivity contribution is -0.129.